The number of hydrogen-bond acceptors (Lipinski definition) is 5. The molecule has 0 saturated carbocycles. The second-order valence-corrected chi connectivity index (χ2v) is 5.05. The number of aliphatic hydroxyl groups is 1. The lowest BCUT2D eigenvalue weighted by Gasteiger charge is -2.16. The predicted octanol–water partition coefficient (Wildman–Crippen LogP) is 1.92. The second kappa shape index (κ2) is 7.58. The molecule has 0 saturated heterocycles. The first-order valence-corrected chi connectivity index (χ1v) is 6.85. The van der Waals surface area contributed by atoms with Crippen molar-refractivity contribution < 1.29 is 14.8 Å². The molecule has 0 heterocycles. The zero-order chi connectivity index (χ0) is 16.0. The van der Waals surface area contributed by atoms with Gasteiger partial charge in [0.2, 0.25) is 0 Å². The summed E-state index contributed by atoms with van der Waals surface area (Å²) in [5.41, 5.74) is 0.346. The molecule has 116 valence electrons. The lowest BCUT2D eigenvalue weighted by atomic mass is 10.1. The Hall–Kier alpha value is -2.15. The van der Waals surface area contributed by atoms with Crippen molar-refractivity contribution in [3.05, 3.63) is 33.9 Å². The van der Waals surface area contributed by atoms with Crippen molar-refractivity contribution in [2.24, 2.45) is 0 Å². The van der Waals surface area contributed by atoms with Gasteiger partial charge in [-0.2, -0.15) is 0 Å². The average Bonchev–Trinajstić information content (AvgIpc) is 2.43. The van der Waals surface area contributed by atoms with Crippen molar-refractivity contribution in [1.29, 1.82) is 0 Å². The fourth-order valence-electron chi connectivity index (χ4n) is 1.79. The summed E-state index contributed by atoms with van der Waals surface area (Å²) < 4.78 is 0. The van der Waals surface area contributed by atoms with Crippen LogP contribution < -0.4 is 10.6 Å². The van der Waals surface area contributed by atoms with Crippen LogP contribution in [-0.2, 0) is 0 Å². The molecule has 7 nitrogen and oxygen atoms in total. The molecule has 1 aromatic carbocycles. The molecule has 0 bridgehead atoms. The Kier molecular flexibility index (Phi) is 6.10. The average molecular weight is 295 g/mol. The number of anilines is 1. The maximum atomic E-state index is 11.9. The van der Waals surface area contributed by atoms with Gasteiger partial charge in [0.1, 0.15) is 5.69 Å². The molecule has 1 unspecified atom stereocenters. The van der Waals surface area contributed by atoms with E-state index in [9.17, 15) is 14.9 Å². The summed E-state index contributed by atoms with van der Waals surface area (Å²) in [7, 11) is 0. The SMILES string of the molecule is CCC(CO)Nc1ccc(C(=O)NC(C)C)cc1[N+](=O)[O-]. The standard InChI is InChI=1S/C14H21N3O4/c1-4-11(8-18)16-12-6-5-10(7-13(12)17(20)21)14(19)15-9(2)3/h5-7,9,11,16,18H,4,8H2,1-3H3,(H,15,19). The highest BCUT2D eigenvalue weighted by molar-refractivity contribution is 5.95. The van der Waals surface area contributed by atoms with Gasteiger partial charge in [0.25, 0.3) is 11.6 Å². The Balaban J connectivity index is 3.07. The Labute approximate surface area is 123 Å². The van der Waals surface area contributed by atoms with Gasteiger partial charge in [0.05, 0.1) is 11.5 Å². The van der Waals surface area contributed by atoms with Crippen LogP contribution in [0.25, 0.3) is 0 Å². The van der Waals surface area contributed by atoms with E-state index in [1.165, 1.54) is 18.2 Å². The number of aliphatic hydroxyl groups excluding tert-OH is 1. The number of benzene rings is 1. The number of nitrogens with zero attached hydrogens (tertiary/aromatic N) is 1. The quantitative estimate of drug-likeness (QED) is 0.526. The topological polar surface area (TPSA) is 104 Å². The zero-order valence-electron chi connectivity index (χ0n) is 12.4. The number of carbonyl (C=O) groups excluding carboxylic acids is 1. The van der Waals surface area contributed by atoms with Crippen LogP contribution in [0.15, 0.2) is 18.2 Å². The smallest absolute Gasteiger partial charge is 0.293 e. The predicted molar refractivity (Wildman–Crippen MR) is 80.5 cm³/mol. The summed E-state index contributed by atoms with van der Waals surface area (Å²) in [4.78, 5) is 22.5. The van der Waals surface area contributed by atoms with E-state index in [1.807, 2.05) is 20.8 Å². The molecule has 21 heavy (non-hydrogen) atoms. The maximum absolute atomic E-state index is 11.9. The van der Waals surface area contributed by atoms with Crippen molar-refractivity contribution >= 4 is 17.3 Å². The summed E-state index contributed by atoms with van der Waals surface area (Å²) in [6, 6.07) is 3.94. The monoisotopic (exact) mass is 295 g/mol. The van der Waals surface area contributed by atoms with E-state index in [0.29, 0.717) is 12.1 Å². The first-order valence-electron chi connectivity index (χ1n) is 6.85. The maximum Gasteiger partial charge on any atom is 0.293 e. The third kappa shape index (κ3) is 4.71. The van der Waals surface area contributed by atoms with Crippen LogP contribution >= 0.6 is 0 Å². The summed E-state index contributed by atoms with van der Waals surface area (Å²) in [6.07, 6.45) is 0.628. The largest absolute Gasteiger partial charge is 0.394 e. The molecule has 1 rings (SSSR count). The van der Waals surface area contributed by atoms with E-state index in [-0.39, 0.29) is 35.8 Å². The molecule has 7 heteroatoms. The minimum Gasteiger partial charge on any atom is -0.394 e. The summed E-state index contributed by atoms with van der Waals surface area (Å²) in [5, 5.41) is 25.9. The third-order valence-corrected chi connectivity index (χ3v) is 2.95. The molecule has 0 aliphatic rings. The lowest BCUT2D eigenvalue weighted by molar-refractivity contribution is -0.384. The Morgan fingerprint density at radius 3 is 2.57 bits per heavy atom. The number of amides is 1. The van der Waals surface area contributed by atoms with Gasteiger partial charge in [-0.25, -0.2) is 0 Å². The Morgan fingerprint density at radius 1 is 1.43 bits per heavy atom. The molecule has 3 N–H and O–H groups in total. The number of hydrogen-bond donors (Lipinski definition) is 3. The van der Waals surface area contributed by atoms with Crippen LogP contribution in [0.2, 0.25) is 0 Å². The first-order chi connectivity index (χ1) is 9.88. The van der Waals surface area contributed by atoms with Crippen molar-refractivity contribution in [1.82, 2.24) is 5.32 Å². The van der Waals surface area contributed by atoms with Crippen LogP contribution in [0.1, 0.15) is 37.6 Å². The molecule has 0 aliphatic heterocycles. The van der Waals surface area contributed by atoms with E-state index in [0.717, 1.165) is 0 Å². The van der Waals surface area contributed by atoms with Crippen molar-refractivity contribution in [2.75, 3.05) is 11.9 Å². The number of carbonyl (C=O) groups is 1. The van der Waals surface area contributed by atoms with Crippen molar-refractivity contribution in [3.63, 3.8) is 0 Å². The van der Waals surface area contributed by atoms with Gasteiger partial charge in [0, 0.05) is 23.7 Å². The van der Waals surface area contributed by atoms with Crippen LogP contribution in [0.5, 0.6) is 0 Å². The van der Waals surface area contributed by atoms with Gasteiger partial charge in [-0.1, -0.05) is 6.92 Å². The molecule has 0 radical (unpaired) electrons. The van der Waals surface area contributed by atoms with Gasteiger partial charge in [-0.3, -0.25) is 14.9 Å². The number of nitrogens with one attached hydrogen (secondary N) is 2. The van der Waals surface area contributed by atoms with Crippen LogP contribution in [0.4, 0.5) is 11.4 Å². The molecular formula is C14H21N3O4. The van der Waals surface area contributed by atoms with E-state index < -0.39 is 4.92 Å². The number of nitro benzene ring substituents is 1. The van der Waals surface area contributed by atoms with E-state index in [4.69, 9.17) is 5.11 Å². The van der Waals surface area contributed by atoms with Gasteiger partial charge in [-0.05, 0) is 32.4 Å². The zero-order valence-corrected chi connectivity index (χ0v) is 12.4. The molecule has 0 aromatic heterocycles. The fourth-order valence-corrected chi connectivity index (χ4v) is 1.79. The van der Waals surface area contributed by atoms with Gasteiger partial charge in [-0.15, -0.1) is 0 Å². The fraction of sp³-hybridized carbons (Fsp3) is 0.500. The molecule has 0 fully saturated rings. The van der Waals surface area contributed by atoms with Crippen LogP contribution in [-0.4, -0.2) is 34.6 Å². The minimum absolute atomic E-state index is 0.0479. The lowest BCUT2D eigenvalue weighted by Crippen LogP contribution is -2.30. The normalized spacial score (nSPS) is 12.0. The molecule has 0 aliphatic carbocycles. The van der Waals surface area contributed by atoms with Crippen LogP contribution in [0, 0.1) is 10.1 Å². The Morgan fingerprint density at radius 2 is 2.10 bits per heavy atom. The van der Waals surface area contributed by atoms with E-state index in [1.54, 1.807) is 0 Å². The highest BCUT2D eigenvalue weighted by Gasteiger charge is 2.19. The van der Waals surface area contributed by atoms with Gasteiger partial charge < -0.3 is 15.7 Å². The molecule has 1 aromatic rings. The molecule has 0 spiro atoms. The molecular weight excluding hydrogens is 274 g/mol. The van der Waals surface area contributed by atoms with Gasteiger partial charge in [0.15, 0.2) is 0 Å². The van der Waals surface area contributed by atoms with Crippen molar-refractivity contribution in [3.8, 4) is 0 Å². The minimum atomic E-state index is -0.543. The highest BCUT2D eigenvalue weighted by Crippen LogP contribution is 2.26. The summed E-state index contributed by atoms with van der Waals surface area (Å²) in [6.45, 7) is 5.37. The van der Waals surface area contributed by atoms with Gasteiger partial charge >= 0.3 is 0 Å². The first kappa shape index (κ1) is 16.9. The Bertz CT molecular complexity index is 513. The highest BCUT2D eigenvalue weighted by atomic mass is 16.6. The third-order valence-electron chi connectivity index (χ3n) is 2.95. The summed E-state index contributed by atoms with van der Waals surface area (Å²) >= 11 is 0. The van der Waals surface area contributed by atoms with Crippen LogP contribution in [0.3, 0.4) is 0 Å². The summed E-state index contributed by atoms with van der Waals surface area (Å²) in [5.74, 6) is -0.353. The van der Waals surface area contributed by atoms with E-state index >= 15 is 0 Å². The number of nitro groups is 1. The van der Waals surface area contributed by atoms with E-state index in [2.05, 4.69) is 10.6 Å². The number of rotatable bonds is 7. The second-order valence-electron chi connectivity index (χ2n) is 5.05. The molecule has 1 amide bonds. The molecule has 1 atom stereocenters. The van der Waals surface area contributed by atoms with Crippen molar-refractivity contribution in [2.45, 2.75) is 39.3 Å².